The van der Waals surface area contributed by atoms with Gasteiger partial charge in [0.15, 0.2) is 9.84 Å². The Kier molecular flexibility index (Phi) is 6.21. The lowest BCUT2D eigenvalue weighted by Gasteiger charge is -2.24. The van der Waals surface area contributed by atoms with Gasteiger partial charge in [-0.25, -0.2) is 13.4 Å². The first-order chi connectivity index (χ1) is 14.6. The zero-order valence-electron chi connectivity index (χ0n) is 16.4. The van der Waals surface area contributed by atoms with Crippen LogP contribution >= 0.6 is 11.8 Å². The van der Waals surface area contributed by atoms with Gasteiger partial charge in [-0.3, -0.25) is 0 Å². The lowest BCUT2D eigenvalue weighted by Crippen LogP contribution is -2.23. The molecule has 1 heterocycles. The predicted octanol–water partition coefficient (Wildman–Crippen LogP) is 5.23. The van der Waals surface area contributed by atoms with Crippen molar-refractivity contribution in [2.45, 2.75) is 39.7 Å². The van der Waals surface area contributed by atoms with Crippen LogP contribution in [0.25, 0.3) is 0 Å². The second-order valence-electron chi connectivity index (χ2n) is 7.44. The van der Waals surface area contributed by atoms with E-state index in [9.17, 15) is 13.7 Å². The summed E-state index contributed by atoms with van der Waals surface area (Å²) in [7, 11) is -3.57. The second-order valence-corrected chi connectivity index (χ2v) is 11.1. The first-order valence-corrected chi connectivity index (χ1v) is 12.3. The Morgan fingerprint density at radius 1 is 1.03 bits per heavy atom. The summed E-state index contributed by atoms with van der Waals surface area (Å²) >= 11 is 1.29. The molecule has 0 saturated heterocycles. The minimum Gasteiger partial charge on any atom is -0.250 e. The van der Waals surface area contributed by atoms with Crippen LogP contribution in [0.5, 0.6) is 0 Å². The summed E-state index contributed by atoms with van der Waals surface area (Å²) in [6.07, 6.45) is 3.35. The maximum Gasteiger partial charge on any atom is 0.190 e. The summed E-state index contributed by atoms with van der Waals surface area (Å²) in [5.74, 6) is 0.158. The lowest BCUT2D eigenvalue weighted by atomic mass is 9.88. The molecule has 0 aliphatic heterocycles. The number of nitrogens with zero attached hydrogens (tertiary/aromatic N) is 2. The Morgan fingerprint density at radius 3 is 2.50 bits per heavy atom. The maximum absolute atomic E-state index is 13.5. The van der Waals surface area contributed by atoms with Gasteiger partial charge >= 0.3 is 0 Å². The first-order valence-electron chi connectivity index (χ1n) is 9.91. The van der Waals surface area contributed by atoms with Crippen molar-refractivity contribution in [2.24, 2.45) is 5.92 Å². The minimum atomic E-state index is -3.57. The van der Waals surface area contributed by atoms with Gasteiger partial charge in [-0.1, -0.05) is 60.3 Å². The highest BCUT2D eigenvalue weighted by molar-refractivity contribution is 8.13. The lowest BCUT2D eigenvalue weighted by molar-refractivity contribution is 0.439. The molecule has 4 rings (SSSR count). The van der Waals surface area contributed by atoms with E-state index < -0.39 is 14.4 Å². The van der Waals surface area contributed by atoms with Gasteiger partial charge in [-0.15, -0.1) is 0 Å². The number of hydrogen-bond acceptors (Lipinski definition) is 5. The van der Waals surface area contributed by atoms with Gasteiger partial charge in [-0.2, -0.15) is 5.26 Å². The summed E-state index contributed by atoms with van der Waals surface area (Å²) in [5.41, 5.74) is 2.41. The van der Waals surface area contributed by atoms with Crippen LogP contribution in [-0.2, 0) is 16.3 Å². The number of pyridine rings is 1. The third-order valence-corrected chi connectivity index (χ3v) is 9.42. The zero-order chi connectivity index (χ0) is 21.0. The van der Waals surface area contributed by atoms with E-state index in [0.29, 0.717) is 22.8 Å². The van der Waals surface area contributed by atoms with Crippen LogP contribution < -0.4 is 0 Å². The number of aromatic nitrogens is 1. The SMILES string of the molecule is N#CC[C@@H]1c2ccccc2C[C@H]1CC(Sc1ccccn1)S(=O)(=O)c1ccccc1. The molecule has 0 N–H and O–H groups in total. The Hall–Kier alpha value is -2.62. The molecule has 0 spiro atoms. The maximum atomic E-state index is 13.5. The van der Waals surface area contributed by atoms with Crippen molar-refractivity contribution >= 4 is 21.6 Å². The fraction of sp³-hybridized carbons (Fsp3) is 0.250. The molecule has 0 radical (unpaired) electrons. The number of hydrogen-bond donors (Lipinski definition) is 0. The molecule has 3 atom stereocenters. The summed E-state index contributed by atoms with van der Waals surface area (Å²) in [5, 5.41) is 10.1. The molecule has 4 nitrogen and oxygen atoms in total. The van der Waals surface area contributed by atoms with Gasteiger partial charge in [0.1, 0.15) is 4.58 Å². The topological polar surface area (TPSA) is 70.8 Å². The predicted molar refractivity (Wildman–Crippen MR) is 119 cm³/mol. The summed E-state index contributed by atoms with van der Waals surface area (Å²) in [4.78, 5) is 4.67. The first kappa shape index (κ1) is 20.6. The minimum absolute atomic E-state index is 0.0593. The van der Waals surface area contributed by atoms with E-state index in [1.807, 2.05) is 36.4 Å². The largest absolute Gasteiger partial charge is 0.250 e. The zero-order valence-corrected chi connectivity index (χ0v) is 18.0. The van der Waals surface area contributed by atoms with E-state index >= 15 is 0 Å². The number of fused-ring (bicyclic) bond motifs is 1. The average Bonchev–Trinajstić information content (AvgIpc) is 3.12. The van der Waals surface area contributed by atoms with Crippen LogP contribution in [0.4, 0.5) is 0 Å². The normalized spacial score (nSPS) is 19.0. The summed E-state index contributed by atoms with van der Waals surface area (Å²) < 4.78 is 26.4. The van der Waals surface area contributed by atoms with Crippen LogP contribution in [0, 0.1) is 17.2 Å². The molecule has 152 valence electrons. The van der Waals surface area contributed by atoms with Gasteiger partial charge in [0.2, 0.25) is 0 Å². The molecule has 30 heavy (non-hydrogen) atoms. The van der Waals surface area contributed by atoms with Crippen LogP contribution in [0.2, 0.25) is 0 Å². The average molecular weight is 435 g/mol. The number of sulfone groups is 1. The van der Waals surface area contributed by atoms with Crippen molar-refractivity contribution in [3.63, 3.8) is 0 Å². The number of nitriles is 1. The van der Waals surface area contributed by atoms with Crippen molar-refractivity contribution in [1.82, 2.24) is 4.98 Å². The molecular formula is C24H22N2O2S2. The third-order valence-electron chi connectivity index (χ3n) is 5.62. The highest BCUT2D eigenvalue weighted by Gasteiger charge is 2.38. The summed E-state index contributed by atoms with van der Waals surface area (Å²) in [6.45, 7) is 0. The molecule has 1 unspecified atom stereocenters. The van der Waals surface area contributed by atoms with E-state index in [1.165, 1.54) is 22.9 Å². The van der Waals surface area contributed by atoms with Gasteiger partial charge < -0.3 is 0 Å². The van der Waals surface area contributed by atoms with Gasteiger partial charge in [-0.05, 0) is 54.2 Å². The molecule has 1 aliphatic carbocycles. The Balaban J connectivity index is 1.67. The molecule has 0 amide bonds. The molecule has 3 aromatic rings. The molecule has 0 fully saturated rings. The molecule has 0 saturated carbocycles. The van der Waals surface area contributed by atoms with E-state index in [0.717, 1.165) is 6.42 Å². The molecule has 2 aromatic carbocycles. The standard InChI is InChI=1S/C24H22N2O2S2/c25-14-13-22-19(16-18-8-4-5-11-21(18)22)17-24(29-23-12-6-7-15-26-23)30(27,28)20-9-2-1-3-10-20/h1-12,15,19,22,24H,13,16-17H2/t19-,22-,24?/m0/s1. The fourth-order valence-electron chi connectivity index (χ4n) is 4.18. The molecule has 6 heteroatoms. The van der Waals surface area contributed by atoms with Crippen LogP contribution in [0.15, 0.2) is 88.9 Å². The highest BCUT2D eigenvalue weighted by Crippen LogP contribution is 2.45. The van der Waals surface area contributed by atoms with Crippen molar-refractivity contribution in [2.75, 3.05) is 0 Å². The van der Waals surface area contributed by atoms with Crippen molar-refractivity contribution in [3.05, 3.63) is 90.1 Å². The Morgan fingerprint density at radius 2 is 1.77 bits per heavy atom. The quantitative estimate of drug-likeness (QED) is 0.476. The van der Waals surface area contributed by atoms with Crippen LogP contribution in [-0.4, -0.2) is 18.0 Å². The number of rotatable bonds is 7. The molecule has 1 aliphatic rings. The van der Waals surface area contributed by atoms with E-state index in [-0.39, 0.29) is 11.8 Å². The third kappa shape index (κ3) is 4.28. The van der Waals surface area contributed by atoms with Crippen LogP contribution in [0.1, 0.15) is 29.9 Å². The van der Waals surface area contributed by atoms with E-state index in [1.54, 1.807) is 30.5 Å². The monoisotopic (exact) mass is 434 g/mol. The molecule has 0 bridgehead atoms. The highest BCUT2D eigenvalue weighted by atomic mass is 32.3. The van der Waals surface area contributed by atoms with Crippen molar-refractivity contribution < 1.29 is 8.42 Å². The van der Waals surface area contributed by atoms with E-state index in [2.05, 4.69) is 23.2 Å². The van der Waals surface area contributed by atoms with Crippen molar-refractivity contribution in [3.8, 4) is 6.07 Å². The number of thioether (sulfide) groups is 1. The van der Waals surface area contributed by atoms with Gasteiger partial charge in [0.05, 0.1) is 16.0 Å². The van der Waals surface area contributed by atoms with Crippen LogP contribution in [0.3, 0.4) is 0 Å². The summed E-state index contributed by atoms with van der Waals surface area (Å²) in [6, 6.07) is 24.6. The smallest absolute Gasteiger partial charge is 0.190 e. The van der Waals surface area contributed by atoms with E-state index in [4.69, 9.17) is 0 Å². The molecular weight excluding hydrogens is 412 g/mol. The Bertz CT molecular complexity index is 1140. The fourth-order valence-corrected chi connectivity index (χ4v) is 7.55. The van der Waals surface area contributed by atoms with Gasteiger partial charge in [0, 0.05) is 18.5 Å². The second kappa shape index (κ2) is 9.03. The number of benzene rings is 2. The molecule has 1 aromatic heterocycles. The van der Waals surface area contributed by atoms with Crippen molar-refractivity contribution in [1.29, 1.82) is 5.26 Å². The Labute approximate surface area is 181 Å². The van der Waals surface area contributed by atoms with Gasteiger partial charge in [0.25, 0.3) is 0 Å².